The van der Waals surface area contributed by atoms with Gasteiger partial charge in [-0.3, -0.25) is 9.88 Å². The maximum absolute atomic E-state index is 9.56. The summed E-state index contributed by atoms with van der Waals surface area (Å²) in [6.07, 6.45) is 5.42. The molecule has 1 saturated heterocycles. The third kappa shape index (κ3) is 4.53. The van der Waals surface area contributed by atoms with E-state index in [4.69, 9.17) is 0 Å². The Morgan fingerprint density at radius 1 is 1.17 bits per heavy atom. The second kappa shape index (κ2) is 7.57. The third-order valence-electron chi connectivity index (χ3n) is 4.54. The fraction of sp³-hybridized carbons (Fsp3) is 0.421. The van der Waals surface area contributed by atoms with Crippen LogP contribution in [0.2, 0.25) is 0 Å². The summed E-state index contributed by atoms with van der Waals surface area (Å²) in [6, 6.07) is 10.7. The predicted octanol–water partition coefficient (Wildman–Crippen LogP) is 2.96. The van der Waals surface area contributed by atoms with Crippen molar-refractivity contribution >= 4 is 5.69 Å². The highest BCUT2D eigenvalue weighted by molar-refractivity contribution is 5.45. The average molecular weight is 311 g/mol. The summed E-state index contributed by atoms with van der Waals surface area (Å²) in [5, 5.41) is 13.0. The van der Waals surface area contributed by atoms with Gasteiger partial charge in [-0.2, -0.15) is 0 Å². The lowest BCUT2D eigenvalue weighted by molar-refractivity contribution is 0.0792. The first-order chi connectivity index (χ1) is 11.2. The molecule has 0 bridgehead atoms. The number of pyridine rings is 1. The molecule has 2 aromatic rings. The molecule has 0 radical (unpaired) electrons. The molecule has 1 aliphatic heterocycles. The van der Waals surface area contributed by atoms with Crippen LogP contribution in [0.25, 0.3) is 0 Å². The molecule has 0 spiro atoms. The van der Waals surface area contributed by atoms with Crippen LogP contribution in [0.3, 0.4) is 0 Å². The van der Waals surface area contributed by atoms with Crippen molar-refractivity contribution in [3.63, 3.8) is 0 Å². The Morgan fingerprint density at radius 3 is 2.61 bits per heavy atom. The standard InChI is InChI=1S/C19H25N3O/c1-15-12-20-9-6-17(15)13-21-18-4-2-16(3-5-18)14-22-10-7-19(23)8-11-22/h2-6,9,12,19,21,23H,7-8,10-11,13-14H2,1H3. The van der Waals surface area contributed by atoms with E-state index in [0.717, 1.165) is 44.7 Å². The van der Waals surface area contributed by atoms with E-state index in [1.807, 2.05) is 12.4 Å². The Labute approximate surface area is 138 Å². The van der Waals surface area contributed by atoms with E-state index in [1.54, 1.807) is 0 Å². The Kier molecular flexibility index (Phi) is 5.26. The van der Waals surface area contributed by atoms with Gasteiger partial charge in [0.15, 0.2) is 0 Å². The number of hydrogen-bond acceptors (Lipinski definition) is 4. The van der Waals surface area contributed by atoms with Crippen LogP contribution >= 0.6 is 0 Å². The van der Waals surface area contributed by atoms with Crippen LogP contribution in [-0.2, 0) is 13.1 Å². The number of aliphatic hydroxyl groups excluding tert-OH is 1. The van der Waals surface area contributed by atoms with Gasteiger partial charge in [-0.25, -0.2) is 0 Å². The molecule has 0 unspecified atom stereocenters. The first-order valence-corrected chi connectivity index (χ1v) is 8.33. The highest BCUT2D eigenvalue weighted by Gasteiger charge is 2.16. The van der Waals surface area contributed by atoms with Gasteiger partial charge in [0.1, 0.15) is 0 Å². The number of likely N-dealkylation sites (tertiary alicyclic amines) is 1. The minimum Gasteiger partial charge on any atom is -0.393 e. The van der Waals surface area contributed by atoms with E-state index in [-0.39, 0.29) is 6.10 Å². The number of aromatic nitrogens is 1. The molecule has 3 rings (SSSR count). The van der Waals surface area contributed by atoms with E-state index in [9.17, 15) is 5.11 Å². The molecule has 1 aromatic carbocycles. The van der Waals surface area contributed by atoms with E-state index >= 15 is 0 Å². The average Bonchev–Trinajstić information content (AvgIpc) is 2.58. The lowest BCUT2D eigenvalue weighted by atomic mass is 10.1. The van der Waals surface area contributed by atoms with E-state index in [2.05, 4.69) is 52.5 Å². The van der Waals surface area contributed by atoms with E-state index < -0.39 is 0 Å². The zero-order valence-corrected chi connectivity index (χ0v) is 13.7. The normalized spacial score (nSPS) is 16.4. The van der Waals surface area contributed by atoms with Crippen molar-refractivity contribution < 1.29 is 5.11 Å². The summed E-state index contributed by atoms with van der Waals surface area (Å²) in [7, 11) is 0. The summed E-state index contributed by atoms with van der Waals surface area (Å²) in [4.78, 5) is 6.54. The number of rotatable bonds is 5. The quantitative estimate of drug-likeness (QED) is 0.891. The van der Waals surface area contributed by atoms with Gasteiger partial charge in [0.25, 0.3) is 0 Å². The molecule has 122 valence electrons. The number of aryl methyl sites for hydroxylation is 1. The number of aliphatic hydroxyl groups is 1. The van der Waals surface area contributed by atoms with Crippen molar-refractivity contribution in [1.29, 1.82) is 0 Å². The minimum absolute atomic E-state index is 0.102. The Balaban J connectivity index is 1.52. The van der Waals surface area contributed by atoms with Gasteiger partial charge < -0.3 is 10.4 Å². The van der Waals surface area contributed by atoms with Crippen molar-refractivity contribution in [2.45, 2.75) is 39.0 Å². The van der Waals surface area contributed by atoms with Crippen molar-refractivity contribution in [3.05, 3.63) is 59.4 Å². The summed E-state index contributed by atoms with van der Waals surface area (Å²) < 4.78 is 0. The van der Waals surface area contributed by atoms with E-state index in [0.29, 0.717) is 0 Å². The molecule has 0 amide bonds. The zero-order valence-electron chi connectivity index (χ0n) is 13.7. The lowest BCUT2D eigenvalue weighted by Crippen LogP contribution is -2.35. The maximum atomic E-state index is 9.56. The molecule has 23 heavy (non-hydrogen) atoms. The number of nitrogens with zero attached hydrogens (tertiary/aromatic N) is 2. The summed E-state index contributed by atoms with van der Waals surface area (Å²) >= 11 is 0. The fourth-order valence-electron chi connectivity index (χ4n) is 2.96. The second-order valence-electron chi connectivity index (χ2n) is 6.36. The Hall–Kier alpha value is -1.91. The molecular weight excluding hydrogens is 286 g/mol. The first kappa shape index (κ1) is 16.0. The highest BCUT2D eigenvalue weighted by atomic mass is 16.3. The van der Waals surface area contributed by atoms with Crippen LogP contribution in [0.1, 0.15) is 29.5 Å². The molecule has 4 heteroatoms. The molecule has 2 heterocycles. The summed E-state index contributed by atoms with van der Waals surface area (Å²) in [5.74, 6) is 0. The molecule has 1 aliphatic rings. The van der Waals surface area contributed by atoms with Gasteiger partial charge in [-0.15, -0.1) is 0 Å². The van der Waals surface area contributed by atoms with Crippen molar-refractivity contribution in [1.82, 2.24) is 9.88 Å². The third-order valence-corrected chi connectivity index (χ3v) is 4.54. The van der Waals surface area contributed by atoms with Crippen molar-refractivity contribution in [2.24, 2.45) is 0 Å². The molecule has 0 saturated carbocycles. The topological polar surface area (TPSA) is 48.4 Å². The van der Waals surface area contributed by atoms with Gasteiger partial charge in [0, 0.05) is 44.3 Å². The van der Waals surface area contributed by atoms with Crippen LogP contribution in [0.5, 0.6) is 0 Å². The largest absolute Gasteiger partial charge is 0.393 e. The van der Waals surface area contributed by atoms with Gasteiger partial charge in [-0.1, -0.05) is 12.1 Å². The number of piperidine rings is 1. The van der Waals surface area contributed by atoms with Crippen LogP contribution in [0.15, 0.2) is 42.7 Å². The molecule has 1 aromatic heterocycles. The number of hydrogen-bond donors (Lipinski definition) is 2. The predicted molar refractivity (Wildman–Crippen MR) is 93.3 cm³/mol. The van der Waals surface area contributed by atoms with Gasteiger partial charge in [0.2, 0.25) is 0 Å². The number of benzene rings is 1. The van der Waals surface area contributed by atoms with Crippen molar-refractivity contribution in [3.8, 4) is 0 Å². The zero-order chi connectivity index (χ0) is 16.1. The number of anilines is 1. The summed E-state index contributed by atoms with van der Waals surface area (Å²) in [5.41, 5.74) is 4.95. The van der Waals surface area contributed by atoms with Crippen LogP contribution in [0.4, 0.5) is 5.69 Å². The first-order valence-electron chi connectivity index (χ1n) is 8.33. The molecule has 0 atom stereocenters. The monoisotopic (exact) mass is 311 g/mol. The van der Waals surface area contributed by atoms with Crippen LogP contribution < -0.4 is 5.32 Å². The van der Waals surface area contributed by atoms with Gasteiger partial charge in [-0.05, 0) is 54.7 Å². The Morgan fingerprint density at radius 2 is 1.91 bits per heavy atom. The minimum atomic E-state index is -0.102. The van der Waals surface area contributed by atoms with Gasteiger partial charge in [0.05, 0.1) is 6.10 Å². The molecule has 1 fully saturated rings. The summed E-state index contributed by atoms with van der Waals surface area (Å²) in [6.45, 7) is 5.85. The second-order valence-corrected chi connectivity index (χ2v) is 6.36. The van der Waals surface area contributed by atoms with Crippen LogP contribution in [-0.4, -0.2) is 34.2 Å². The molecule has 4 nitrogen and oxygen atoms in total. The SMILES string of the molecule is Cc1cnccc1CNc1ccc(CN2CCC(O)CC2)cc1. The smallest absolute Gasteiger partial charge is 0.0564 e. The van der Waals surface area contributed by atoms with Crippen LogP contribution in [0, 0.1) is 6.92 Å². The maximum Gasteiger partial charge on any atom is 0.0564 e. The number of nitrogens with one attached hydrogen (secondary N) is 1. The van der Waals surface area contributed by atoms with Gasteiger partial charge >= 0.3 is 0 Å². The van der Waals surface area contributed by atoms with E-state index in [1.165, 1.54) is 16.7 Å². The molecule has 2 N–H and O–H groups in total. The fourth-order valence-corrected chi connectivity index (χ4v) is 2.96. The highest BCUT2D eigenvalue weighted by Crippen LogP contribution is 2.16. The Bertz CT molecular complexity index is 619. The molecule has 0 aliphatic carbocycles. The van der Waals surface area contributed by atoms with Crippen molar-refractivity contribution in [2.75, 3.05) is 18.4 Å². The molecular formula is C19H25N3O. The lowest BCUT2D eigenvalue weighted by Gasteiger charge is -2.29.